The first kappa shape index (κ1) is 16.0. The Morgan fingerprint density at radius 3 is 2.55 bits per heavy atom. The van der Waals surface area contributed by atoms with Crippen molar-refractivity contribution in [3.05, 3.63) is 23.7 Å². The Balaban J connectivity index is 2.62. The van der Waals surface area contributed by atoms with Gasteiger partial charge in [0.05, 0.1) is 23.9 Å². The molecule has 0 aliphatic rings. The maximum Gasteiger partial charge on any atom is 0.433 e. The van der Waals surface area contributed by atoms with Gasteiger partial charge in [0.25, 0.3) is 0 Å². The smallest absolute Gasteiger partial charge is 0.433 e. The number of carboxylic acid groups (broad SMARTS) is 1. The number of carbonyl (C=O) groups is 1. The highest BCUT2D eigenvalue weighted by molar-refractivity contribution is 5.94. The van der Waals surface area contributed by atoms with Crippen LogP contribution in [0.1, 0.15) is 29.9 Å². The van der Waals surface area contributed by atoms with Crippen LogP contribution in [0.2, 0.25) is 0 Å². The maximum atomic E-state index is 13.3. The Hall–Kier alpha value is -2.36. The number of aliphatic hydroxyl groups is 1. The number of nitrogens with zero attached hydrogens (tertiary/aromatic N) is 3. The van der Waals surface area contributed by atoms with E-state index in [0.29, 0.717) is 4.68 Å². The van der Waals surface area contributed by atoms with Crippen molar-refractivity contribution in [3.8, 4) is 11.3 Å². The van der Waals surface area contributed by atoms with Crippen LogP contribution < -0.4 is 0 Å². The molecule has 2 rings (SSSR count). The number of alkyl halides is 3. The van der Waals surface area contributed by atoms with Crippen LogP contribution in [0.3, 0.4) is 0 Å². The van der Waals surface area contributed by atoms with E-state index in [1.165, 1.54) is 13.8 Å². The Labute approximate surface area is 121 Å². The number of aromatic nitrogens is 3. The molecule has 2 aromatic heterocycles. The van der Waals surface area contributed by atoms with Crippen molar-refractivity contribution >= 4 is 5.97 Å². The minimum absolute atomic E-state index is 0.428. The Morgan fingerprint density at radius 1 is 1.41 bits per heavy atom. The number of hydrogen-bond acceptors (Lipinski definition) is 5. The highest BCUT2D eigenvalue weighted by atomic mass is 19.4. The normalized spacial score (nSPS) is 12.6. The first-order valence-corrected chi connectivity index (χ1v) is 6.04. The van der Waals surface area contributed by atoms with Gasteiger partial charge in [-0.1, -0.05) is 5.16 Å². The third-order valence-corrected chi connectivity index (χ3v) is 2.70. The van der Waals surface area contributed by atoms with E-state index in [9.17, 15) is 23.1 Å². The van der Waals surface area contributed by atoms with Crippen molar-refractivity contribution in [1.82, 2.24) is 14.9 Å². The monoisotopic (exact) mass is 319 g/mol. The largest absolute Gasteiger partial charge is 0.477 e. The summed E-state index contributed by atoms with van der Waals surface area (Å²) in [5, 5.41) is 25.5. The molecule has 0 saturated heterocycles. The summed E-state index contributed by atoms with van der Waals surface area (Å²) in [6.07, 6.45) is -3.23. The molecule has 0 unspecified atom stereocenters. The third kappa shape index (κ3) is 3.11. The molecule has 0 atom stereocenters. The molecule has 0 spiro atoms. The van der Waals surface area contributed by atoms with E-state index < -0.39 is 46.8 Å². The van der Waals surface area contributed by atoms with Crippen molar-refractivity contribution in [1.29, 1.82) is 0 Å². The van der Waals surface area contributed by atoms with Crippen molar-refractivity contribution < 1.29 is 32.7 Å². The average molecular weight is 319 g/mol. The molecule has 120 valence electrons. The summed E-state index contributed by atoms with van der Waals surface area (Å²) in [6.45, 7) is 2.22. The molecule has 0 bridgehead atoms. The van der Waals surface area contributed by atoms with Crippen LogP contribution in [0.15, 0.2) is 17.0 Å². The lowest BCUT2D eigenvalue weighted by Gasteiger charge is -2.20. The quantitative estimate of drug-likeness (QED) is 0.894. The van der Waals surface area contributed by atoms with Gasteiger partial charge in [0.2, 0.25) is 0 Å². The molecule has 2 aromatic rings. The predicted molar refractivity (Wildman–Crippen MR) is 66.0 cm³/mol. The van der Waals surface area contributed by atoms with E-state index in [2.05, 4.69) is 14.8 Å². The fraction of sp³-hybridized carbons (Fsp3) is 0.417. The number of carboxylic acids is 1. The molecule has 0 radical (unpaired) electrons. The molecule has 0 fully saturated rings. The molecule has 10 heteroatoms. The van der Waals surface area contributed by atoms with Crippen LogP contribution >= 0.6 is 0 Å². The number of aromatic carboxylic acids is 1. The Kier molecular flexibility index (Phi) is 3.73. The van der Waals surface area contributed by atoms with Crippen molar-refractivity contribution in [2.75, 3.05) is 0 Å². The lowest BCUT2D eigenvalue weighted by atomic mass is 10.1. The zero-order valence-electron chi connectivity index (χ0n) is 11.5. The summed E-state index contributed by atoms with van der Waals surface area (Å²) >= 11 is 0. The van der Waals surface area contributed by atoms with Crippen LogP contribution in [-0.2, 0) is 12.7 Å². The van der Waals surface area contributed by atoms with E-state index >= 15 is 0 Å². The van der Waals surface area contributed by atoms with E-state index in [1.807, 2.05) is 0 Å². The van der Waals surface area contributed by atoms with Gasteiger partial charge in [-0.05, 0) is 13.8 Å². The van der Waals surface area contributed by atoms with Gasteiger partial charge in [-0.2, -0.15) is 18.3 Å². The second-order valence-corrected chi connectivity index (χ2v) is 5.26. The van der Waals surface area contributed by atoms with Gasteiger partial charge in [-0.15, -0.1) is 0 Å². The third-order valence-electron chi connectivity index (χ3n) is 2.70. The first-order valence-electron chi connectivity index (χ1n) is 6.04. The molecule has 7 nitrogen and oxygen atoms in total. The van der Waals surface area contributed by atoms with Gasteiger partial charge in [0, 0.05) is 0 Å². The second kappa shape index (κ2) is 5.13. The highest BCUT2D eigenvalue weighted by Crippen LogP contribution is 2.38. The van der Waals surface area contributed by atoms with Gasteiger partial charge < -0.3 is 14.7 Å². The van der Waals surface area contributed by atoms with Crippen molar-refractivity contribution in [2.45, 2.75) is 32.2 Å². The summed E-state index contributed by atoms with van der Waals surface area (Å²) < 4.78 is 44.9. The van der Waals surface area contributed by atoms with Crippen molar-refractivity contribution in [3.63, 3.8) is 0 Å². The van der Waals surface area contributed by atoms with Crippen LogP contribution in [0.5, 0.6) is 0 Å². The van der Waals surface area contributed by atoms with Crippen LogP contribution in [0, 0.1) is 0 Å². The molecular weight excluding hydrogens is 307 g/mol. The minimum atomic E-state index is -4.81. The number of rotatable bonds is 4. The lowest BCUT2D eigenvalue weighted by Crippen LogP contribution is -2.29. The second-order valence-electron chi connectivity index (χ2n) is 5.26. The zero-order chi connectivity index (χ0) is 16.7. The van der Waals surface area contributed by atoms with Gasteiger partial charge in [0.1, 0.15) is 17.5 Å². The van der Waals surface area contributed by atoms with E-state index in [4.69, 9.17) is 5.11 Å². The topological polar surface area (TPSA) is 101 Å². The summed E-state index contributed by atoms with van der Waals surface area (Å²) in [4.78, 5) is 11.0. The average Bonchev–Trinajstić information content (AvgIpc) is 2.90. The standard InChI is InChI=1S/C12H12F3N3O4/c1-11(2,21)5-18-9(12(13,14)15)6(3-16-18)8-7(10(19)20)4-22-17-8/h3-4,21H,5H2,1-2H3,(H,19,20). The van der Waals surface area contributed by atoms with E-state index in [1.54, 1.807) is 0 Å². The maximum absolute atomic E-state index is 13.3. The molecule has 0 aliphatic heterocycles. The number of halogens is 3. The van der Waals surface area contributed by atoms with Crippen LogP contribution in [0.25, 0.3) is 11.3 Å². The Bertz CT molecular complexity index is 697. The molecule has 2 heterocycles. The first-order chi connectivity index (χ1) is 10.0. The molecule has 0 saturated carbocycles. The summed E-state index contributed by atoms with van der Waals surface area (Å²) in [7, 11) is 0. The molecule has 22 heavy (non-hydrogen) atoms. The van der Waals surface area contributed by atoms with Gasteiger partial charge in [-0.3, -0.25) is 4.68 Å². The highest BCUT2D eigenvalue weighted by Gasteiger charge is 2.41. The molecule has 0 aromatic carbocycles. The van der Waals surface area contributed by atoms with Gasteiger partial charge >= 0.3 is 12.1 Å². The Morgan fingerprint density at radius 2 is 2.05 bits per heavy atom. The van der Waals surface area contributed by atoms with Crippen molar-refractivity contribution in [2.24, 2.45) is 0 Å². The van der Waals surface area contributed by atoms with Gasteiger partial charge in [0.15, 0.2) is 5.69 Å². The summed E-state index contributed by atoms with van der Waals surface area (Å²) in [5.74, 6) is -1.47. The van der Waals surface area contributed by atoms with E-state index in [0.717, 1.165) is 12.5 Å². The number of hydrogen-bond donors (Lipinski definition) is 2. The lowest BCUT2D eigenvalue weighted by molar-refractivity contribution is -0.144. The molecule has 0 amide bonds. The fourth-order valence-corrected chi connectivity index (χ4v) is 1.93. The minimum Gasteiger partial charge on any atom is -0.477 e. The molecule has 0 aliphatic carbocycles. The predicted octanol–water partition coefficient (Wildman–Crippen LogP) is 2.03. The fourth-order valence-electron chi connectivity index (χ4n) is 1.93. The van der Waals surface area contributed by atoms with Gasteiger partial charge in [-0.25, -0.2) is 4.79 Å². The molecular formula is C12H12F3N3O4. The van der Waals surface area contributed by atoms with Crippen LogP contribution in [-0.4, -0.2) is 36.7 Å². The summed E-state index contributed by atoms with van der Waals surface area (Å²) in [6, 6.07) is 0. The zero-order valence-corrected chi connectivity index (χ0v) is 11.5. The van der Waals surface area contributed by atoms with E-state index in [-0.39, 0.29) is 0 Å². The SMILES string of the molecule is CC(C)(O)Cn1ncc(-c2nocc2C(=O)O)c1C(F)(F)F. The van der Waals surface area contributed by atoms with Crippen LogP contribution in [0.4, 0.5) is 13.2 Å². The molecule has 2 N–H and O–H groups in total. The summed E-state index contributed by atoms with van der Waals surface area (Å²) in [5.41, 5.74) is -4.15.